The third-order valence-corrected chi connectivity index (χ3v) is 3.05. The fourth-order valence-corrected chi connectivity index (χ4v) is 2.20. The van der Waals surface area contributed by atoms with Crippen molar-refractivity contribution in [3.8, 4) is 0 Å². The van der Waals surface area contributed by atoms with E-state index in [-0.39, 0.29) is 0 Å². The van der Waals surface area contributed by atoms with Gasteiger partial charge >= 0.3 is 0 Å². The zero-order valence-corrected chi connectivity index (χ0v) is 8.21. The molecule has 2 heterocycles. The summed E-state index contributed by atoms with van der Waals surface area (Å²) in [4.78, 5) is 0. The van der Waals surface area contributed by atoms with Crippen LogP contribution in [0.25, 0.3) is 0 Å². The van der Waals surface area contributed by atoms with Gasteiger partial charge in [0.2, 0.25) is 0 Å². The van der Waals surface area contributed by atoms with E-state index in [4.69, 9.17) is 14.9 Å². The first-order valence-electron chi connectivity index (χ1n) is 5.31. The molecule has 1 fully saturated rings. The third-order valence-electron chi connectivity index (χ3n) is 3.05. The molecule has 0 saturated heterocycles. The molecule has 1 aliphatic carbocycles. The summed E-state index contributed by atoms with van der Waals surface area (Å²) in [7, 11) is 0. The Morgan fingerprint density at radius 1 is 1.29 bits per heavy atom. The largest absolute Gasteiger partial charge is 0.463 e. The smallest absolute Gasteiger partial charge is 0.135 e. The standard InChI is InChI=1S/C11H15NO2/c12-4-3-8-9-5-13-6-10(9)14-11(8)7-1-2-7/h7H,1-6,12H2. The van der Waals surface area contributed by atoms with Gasteiger partial charge in [-0.3, -0.25) is 0 Å². The Hall–Kier alpha value is -0.800. The summed E-state index contributed by atoms with van der Waals surface area (Å²) in [6, 6.07) is 0. The minimum absolute atomic E-state index is 0.652. The number of rotatable bonds is 3. The average Bonchev–Trinajstić information content (AvgIpc) is 2.82. The van der Waals surface area contributed by atoms with E-state index in [0.29, 0.717) is 19.1 Å². The van der Waals surface area contributed by atoms with Crippen LogP contribution in [0.15, 0.2) is 4.42 Å². The number of nitrogens with two attached hydrogens (primary N) is 1. The van der Waals surface area contributed by atoms with Crippen molar-refractivity contribution in [2.75, 3.05) is 6.54 Å². The topological polar surface area (TPSA) is 48.4 Å². The lowest BCUT2D eigenvalue weighted by Gasteiger charge is -2.01. The van der Waals surface area contributed by atoms with Gasteiger partial charge in [0.25, 0.3) is 0 Å². The molecule has 1 aliphatic heterocycles. The van der Waals surface area contributed by atoms with Crippen molar-refractivity contribution in [2.45, 2.75) is 38.4 Å². The normalized spacial score (nSPS) is 20.1. The molecule has 0 spiro atoms. The first-order chi connectivity index (χ1) is 6.90. The minimum Gasteiger partial charge on any atom is -0.463 e. The molecule has 0 amide bonds. The van der Waals surface area contributed by atoms with E-state index in [9.17, 15) is 0 Å². The van der Waals surface area contributed by atoms with Crippen molar-refractivity contribution in [3.63, 3.8) is 0 Å². The first-order valence-corrected chi connectivity index (χ1v) is 5.31. The molecule has 0 atom stereocenters. The highest BCUT2D eigenvalue weighted by Gasteiger charge is 2.33. The SMILES string of the molecule is NCCc1c(C2CC2)oc2c1COC2. The molecule has 1 saturated carbocycles. The van der Waals surface area contributed by atoms with Crippen LogP contribution in [0.4, 0.5) is 0 Å². The summed E-state index contributed by atoms with van der Waals surface area (Å²) in [5.74, 6) is 2.95. The molecule has 3 heteroatoms. The van der Waals surface area contributed by atoms with Crippen LogP contribution in [0.3, 0.4) is 0 Å². The van der Waals surface area contributed by atoms with Gasteiger partial charge in [-0.1, -0.05) is 0 Å². The molecule has 1 aromatic rings. The van der Waals surface area contributed by atoms with Crippen LogP contribution in [0.2, 0.25) is 0 Å². The zero-order valence-electron chi connectivity index (χ0n) is 8.21. The van der Waals surface area contributed by atoms with Gasteiger partial charge in [0.05, 0.1) is 6.61 Å². The van der Waals surface area contributed by atoms with E-state index in [1.165, 1.54) is 29.7 Å². The number of hydrogen-bond acceptors (Lipinski definition) is 3. The van der Waals surface area contributed by atoms with Gasteiger partial charge in [-0.25, -0.2) is 0 Å². The summed E-state index contributed by atoms with van der Waals surface area (Å²) < 4.78 is 11.2. The molecule has 0 radical (unpaired) electrons. The van der Waals surface area contributed by atoms with Crippen LogP contribution in [-0.4, -0.2) is 6.54 Å². The number of furan rings is 1. The monoisotopic (exact) mass is 193 g/mol. The third kappa shape index (κ3) is 1.20. The Kier molecular flexibility index (Phi) is 1.89. The number of ether oxygens (including phenoxy) is 1. The quantitative estimate of drug-likeness (QED) is 0.794. The van der Waals surface area contributed by atoms with Crippen LogP contribution < -0.4 is 5.73 Å². The highest BCUT2D eigenvalue weighted by Crippen LogP contribution is 2.45. The molecule has 3 nitrogen and oxygen atoms in total. The molecule has 14 heavy (non-hydrogen) atoms. The van der Waals surface area contributed by atoms with Gasteiger partial charge in [0, 0.05) is 17.0 Å². The lowest BCUT2D eigenvalue weighted by atomic mass is 10.0. The molecule has 2 N–H and O–H groups in total. The van der Waals surface area contributed by atoms with Gasteiger partial charge in [-0.15, -0.1) is 0 Å². The van der Waals surface area contributed by atoms with Crippen LogP contribution in [0.1, 0.15) is 41.4 Å². The van der Waals surface area contributed by atoms with Gasteiger partial charge in [-0.05, 0) is 25.8 Å². The predicted octanol–water partition coefficient (Wildman–Crippen LogP) is 1.69. The van der Waals surface area contributed by atoms with Gasteiger partial charge in [0.1, 0.15) is 18.1 Å². The van der Waals surface area contributed by atoms with Gasteiger partial charge < -0.3 is 14.9 Å². The van der Waals surface area contributed by atoms with Gasteiger partial charge in [0.15, 0.2) is 0 Å². The fourth-order valence-electron chi connectivity index (χ4n) is 2.20. The lowest BCUT2D eigenvalue weighted by molar-refractivity contribution is 0.122. The van der Waals surface area contributed by atoms with Gasteiger partial charge in [-0.2, -0.15) is 0 Å². The molecular formula is C11H15NO2. The predicted molar refractivity (Wildman–Crippen MR) is 51.9 cm³/mol. The van der Waals surface area contributed by atoms with Crippen molar-refractivity contribution >= 4 is 0 Å². The lowest BCUT2D eigenvalue weighted by Crippen LogP contribution is -2.05. The second kappa shape index (κ2) is 3.11. The molecular weight excluding hydrogens is 178 g/mol. The Morgan fingerprint density at radius 2 is 2.14 bits per heavy atom. The summed E-state index contributed by atoms with van der Waals surface area (Å²) in [6.07, 6.45) is 3.50. The van der Waals surface area contributed by atoms with E-state index in [2.05, 4.69) is 0 Å². The molecule has 1 aromatic heterocycles. The van der Waals surface area contributed by atoms with E-state index in [1.807, 2.05) is 0 Å². The van der Waals surface area contributed by atoms with Crippen LogP contribution >= 0.6 is 0 Å². The second-order valence-electron chi connectivity index (χ2n) is 4.15. The molecule has 3 rings (SSSR count). The Bertz CT molecular complexity index is 352. The number of hydrogen-bond donors (Lipinski definition) is 1. The van der Waals surface area contributed by atoms with E-state index >= 15 is 0 Å². The molecule has 0 unspecified atom stereocenters. The van der Waals surface area contributed by atoms with Crippen LogP contribution in [0, 0.1) is 0 Å². The van der Waals surface area contributed by atoms with E-state index < -0.39 is 0 Å². The van der Waals surface area contributed by atoms with Crippen molar-refractivity contribution in [1.82, 2.24) is 0 Å². The zero-order chi connectivity index (χ0) is 9.54. The summed E-state index contributed by atoms with van der Waals surface area (Å²) in [5.41, 5.74) is 8.26. The van der Waals surface area contributed by atoms with E-state index in [1.54, 1.807) is 0 Å². The number of fused-ring (bicyclic) bond motifs is 1. The second-order valence-corrected chi connectivity index (χ2v) is 4.15. The minimum atomic E-state index is 0.652. The maximum absolute atomic E-state index is 5.85. The van der Waals surface area contributed by atoms with Crippen molar-refractivity contribution in [3.05, 3.63) is 22.6 Å². The fraction of sp³-hybridized carbons (Fsp3) is 0.636. The Labute approximate surface area is 83.2 Å². The molecule has 76 valence electrons. The molecule has 0 aromatic carbocycles. The highest BCUT2D eigenvalue weighted by molar-refractivity contribution is 5.38. The van der Waals surface area contributed by atoms with Crippen LogP contribution in [0.5, 0.6) is 0 Å². The Balaban J connectivity index is 2.01. The maximum Gasteiger partial charge on any atom is 0.135 e. The van der Waals surface area contributed by atoms with Crippen molar-refractivity contribution in [2.24, 2.45) is 5.73 Å². The van der Waals surface area contributed by atoms with Crippen LogP contribution in [-0.2, 0) is 24.4 Å². The molecule has 0 bridgehead atoms. The Morgan fingerprint density at radius 3 is 2.86 bits per heavy atom. The summed E-state index contributed by atoms with van der Waals surface area (Å²) >= 11 is 0. The molecule has 2 aliphatic rings. The van der Waals surface area contributed by atoms with Crippen molar-refractivity contribution in [1.29, 1.82) is 0 Å². The summed E-state index contributed by atoms with van der Waals surface area (Å²) in [6.45, 7) is 2.08. The first kappa shape index (κ1) is 8.50. The maximum atomic E-state index is 5.85. The van der Waals surface area contributed by atoms with E-state index in [0.717, 1.165) is 18.8 Å². The average molecular weight is 193 g/mol. The van der Waals surface area contributed by atoms with Crippen molar-refractivity contribution < 1.29 is 9.15 Å². The highest BCUT2D eigenvalue weighted by atomic mass is 16.5. The summed E-state index contributed by atoms with van der Waals surface area (Å²) in [5, 5.41) is 0.